The number of amides is 1. The Kier molecular flexibility index (Phi) is 5.23. The van der Waals surface area contributed by atoms with Crippen LogP contribution < -0.4 is 0 Å². The first-order valence-corrected chi connectivity index (χ1v) is 8.06. The molecule has 0 saturated carbocycles. The van der Waals surface area contributed by atoms with Crippen LogP contribution in [0.5, 0.6) is 0 Å². The Labute approximate surface area is 143 Å². The number of thioether (sulfide) groups is 1. The molecule has 0 aliphatic rings. The Morgan fingerprint density at radius 2 is 2.09 bits per heavy atom. The SMILES string of the molecule is CN(C(=O)CSc1nnnn1-c1ccc(Cl)cc1)C(C)(C)C#N. The number of hydrogen-bond acceptors (Lipinski definition) is 6. The van der Waals surface area contributed by atoms with Crippen molar-refractivity contribution in [1.29, 1.82) is 5.26 Å². The molecule has 9 heteroatoms. The van der Waals surface area contributed by atoms with Crippen LogP contribution in [0.3, 0.4) is 0 Å². The van der Waals surface area contributed by atoms with Gasteiger partial charge in [0.1, 0.15) is 5.54 Å². The minimum atomic E-state index is -0.861. The van der Waals surface area contributed by atoms with Gasteiger partial charge in [-0.15, -0.1) is 5.10 Å². The summed E-state index contributed by atoms with van der Waals surface area (Å²) >= 11 is 7.07. The third-order valence-electron chi connectivity index (χ3n) is 3.32. The van der Waals surface area contributed by atoms with Gasteiger partial charge in [-0.05, 0) is 48.5 Å². The van der Waals surface area contributed by atoms with E-state index >= 15 is 0 Å². The van der Waals surface area contributed by atoms with Gasteiger partial charge in [0.25, 0.3) is 0 Å². The van der Waals surface area contributed by atoms with Crippen molar-refractivity contribution in [2.75, 3.05) is 12.8 Å². The summed E-state index contributed by atoms with van der Waals surface area (Å²) in [5.74, 6) is -0.0394. The highest BCUT2D eigenvalue weighted by Gasteiger charge is 2.27. The molecule has 2 rings (SSSR count). The van der Waals surface area contributed by atoms with Crippen molar-refractivity contribution in [3.05, 3.63) is 29.3 Å². The van der Waals surface area contributed by atoms with Crippen LogP contribution in [0.2, 0.25) is 5.02 Å². The average Bonchev–Trinajstić information content (AvgIpc) is 3.01. The van der Waals surface area contributed by atoms with E-state index in [1.807, 2.05) is 0 Å². The molecule has 0 aliphatic heterocycles. The lowest BCUT2D eigenvalue weighted by Crippen LogP contribution is -2.44. The second kappa shape index (κ2) is 6.98. The molecule has 0 radical (unpaired) electrons. The molecule has 1 aromatic carbocycles. The number of carbonyl (C=O) groups is 1. The Balaban J connectivity index is 2.08. The summed E-state index contributed by atoms with van der Waals surface area (Å²) in [5.41, 5.74) is -0.111. The van der Waals surface area contributed by atoms with Gasteiger partial charge in [0.05, 0.1) is 17.5 Å². The fraction of sp³-hybridized carbons (Fsp3) is 0.357. The number of benzene rings is 1. The van der Waals surface area contributed by atoms with E-state index in [0.717, 1.165) is 5.69 Å². The van der Waals surface area contributed by atoms with Gasteiger partial charge in [0, 0.05) is 12.1 Å². The highest BCUT2D eigenvalue weighted by atomic mass is 35.5. The van der Waals surface area contributed by atoms with E-state index in [4.69, 9.17) is 16.9 Å². The Hall–Kier alpha value is -2.11. The Morgan fingerprint density at radius 3 is 2.70 bits per heavy atom. The number of aromatic nitrogens is 4. The average molecular weight is 351 g/mol. The number of nitrogens with zero attached hydrogens (tertiary/aromatic N) is 6. The molecular formula is C14H15ClN6OS. The lowest BCUT2D eigenvalue weighted by molar-refractivity contribution is -0.130. The van der Waals surface area contributed by atoms with Crippen LogP contribution in [0.1, 0.15) is 13.8 Å². The topological polar surface area (TPSA) is 87.7 Å². The fourth-order valence-corrected chi connectivity index (χ4v) is 2.55. The summed E-state index contributed by atoms with van der Waals surface area (Å²) in [4.78, 5) is 13.6. The van der Waals surface area contributed by atoms with Crippen molar-refractivity contribution in [2.45, 2.75) is 24.5 Å². The highest BCUT2D eigenvalue weighted by molar-refractivity contribution is 7.99. The van der Waals surface area contributed by atoms with Crippen molar-refractivity contribution in [2.24, 2.45) is 0 Å². The monoisotopic (exact) mass is 350 g/mol. The van der Waals surface area contributed by atoms with Crippen molar-refractivity contribution in [3.8, 4) is 11.8 Å². The molecule has 1 aromatic heterocycles. The summed E-state index contributed by atoms with van der Waals surface area (Å²) in [7, 11) is 1.61. The van der Waals surface area contributed by atoms with Crippen LogP contribution in [0.25, 0.3) is 5.69 Å². The van der Waals surface area contributed by atoms with E-state index in [2.05, 4.69) is 21.6 Å². The second-order valence-corrected chi connectivity index (χ2v) is 6.64. The summed E-state index contributed by atoms with van der Waals surface area (Å²) in [6.07, 6.45) is 0. The largest absolute Gasteiger partial charge is 0.327 e. The summed E-state index contributed by atoms with van der Waals surface area (Å²) < 4.78 is 1.53. The molecule has 0 unspecified atom stereocenters. The molecular weight excluding hydrogens is 336 g/mol. The van der Waals surface area contributed by atoms with E-state index in [0.29, 0.717) is 10.2 Å². The van der Waals surface area contributed by atoms with Crippen LogP contribution in [-0.4, -0.2) is 49.4 Å². The predicted octanol–water partition coefficient (Wildman–Crippen LogP) is 2.17. The molecule has 0 aliphatic carbocycles. The molecule has 1 heterocycles. The lowest BCUT2D eigenvalue weighted by atomic mass is 10.1. The second-order valence-electron chi connectivity index (χ2n) is 5.26. The maximum absolute atomic E-state index is 12.2. The zero-order chi connectivity index (χ0) is 17.0. The Morgan fingerprint density at radius 1 is 1.43 bits per heavy atom. The van der Waals surface area contributed by atoms with Gasteiger partial charge in [0.2, 0.25) is 11.1 Å². The first-order chi connectivity index (χ1) is 10.8. The predicted molar refractivity (Wildman–Crippen MR) is 87.4 cm³/mol. The number of nitriles is 1. The number of hydrogen-bond donors (Lipinski definition) is 0. The number of halogens is 1. The first kappa shape index (κ1) is 17.2. The van der Waals surface area contributed by atoms with E-state index in [-0.39, 0.29) is 11.7 Å². The summed E-state index contributed by atoms with van der Waals surface area (Å²) in [6, 6.07) is 9.14. The smallest absolute Gasteiger partial charge is 0.234 e. The van der Waals surface area contributed by atoms with Gasteiger partial charge >= 0.3 is 0 Å². The minimum Gasteiger partial charge on any atom is -0.327 e. The van der Waals surface area contributed by atoms with Gasteiger partial charge in [-0.25, -0.2) is 0 Å². The fourth-order valence-electron chi connectivity index (χ4n) is 1.62. The summed E-state index contributed by atoms with van der Waals surface area (Å²) in [6.45, 7) is 3.38. The van der Waals surface area contributed by atoms with Crippen LogP contribution in [0, 0.1) is 11.3 Å². The highest BCUT2D eigenvalue weighted by Crippen LogP contribution is 2.21. The standard InChI is InChI=1S/C14H15ClN6OS/c1-14(2,9-16)20(3)12(22)8-23-13-17-18-19-21(13)11-6-4-10(15)5-7-11/h4-7H,8H2,1-3H3. The normalized spacial score (nSPS) is 11.1. The maximum Gasteiger partial charge on any atom is 0.234 e. The molecule has 120 valence electrons. The number of tetrazole rings is 1. The van der Waals surface area contributed by atoms with Gasteiger partial charge in [0.15, 0.2) is 0 Å². The van der Waals surface area contributed by atoms with Gasteiger partial charge in [-0.1, -0.05) is 23.4 Å². The van der Waals surface area contributed by atoms with E-state index < -0.39 is 5.54 Å². The van der Waals surface area contributed by atoms with Gasteiger partial charge in [-0.3, -0.25) is 4.79 Å². The molecule has 0 bridgehead atoms. The third-order valence-corrected chi connectivity index (χ3v) is 4.48. The number of rotatable bonds is 5. The molecule has 7 nitrogen and oxygen atoms in total. The van der Waals surface area contributed by atoms with E-state index in [1.165, 1.54) is 21.3 Å². The molecule has 1 amide bonds. The molecule has 0 N–H and O–H groups in total. The van der Waals surface area contributed by atoms with Gasteiger partial charge in [-0.2, -0.15) is 9.94 Å². The molecule has 23 heavy (non-hydrogen) atoms. The lowest BCUT2D eigenvalue weighted by Gasteiger charge is -2.28. The van der Waals surface area contributed by atoms with Crippen molar-refractivity contribution in [1.82, 2.24) is 25.1 Å². The van der Waals surface area contributed by atoms with E-state index in [1.54, 1.807) is 45.2 Å². The van der Waals surface area contributed by atoms with Crippen LogP contribution >= 0.6 is 23.4 Å². The van der Waals surface area contributed by atoms with Crippen LogP contribution in [0.15, 0.2) is 29.4 Å². The minimum absolute atomic E-state index is 0.134. The molecule has 0 spiro atoms. The third kappa shape index (κ3) is 4.00. The van der Waals surface area contributed by atoms with Crippen molar-refractivity contribution in [3.63, 3.8) is 0 Å². The van der Waals surface area contributed by atoms with Crippen molar-refractivity contribution >= 4 is 29.3 Å². The molecule has 0 saturated heterocycles. The van der Waals surface area contributed by atoms with Crippen LogP contribution in [0.4, 0.5) is 0 Å². The zero-order valence-corrected chi connectivity index (χ0v) is 14.5. The summed E-state index contributed by atoms with van der Waals surface area (Å²) in [5, 5.41) is 21.7. The zero-order valence-electron chi connectivity index (χ0n) is 12.9. The molecule has 2 aromatic rings. The molecule has 0 atom stereocenters. The first-order valence-electron chi connectivity index (χ1n) is 6.70. The molecule has 0 fully saturated rings. The Bertz CT molecular complexity index is 736. The van der Waals surface area contributed by atoms with Gasteiger partial charge < -0.3 is 4.90 Å². The van der Waals surface area contributed by atoms with E-state index in [9.17, 15) is 4.79 Å². The number of carbonyl (C=O) groups excluding carboxylic acids is 1. The van der Waals surface area contributed by atoms with Crippen LogP contribution in [-0.2, 0) is 4.79 Å². The quantitative estimate of drug-likeness (QED) is 0.768. The maximum atomic E-state index is 12.2. The van der Waals surface area contributed by atoms with Crippen molar-refractivity contribution < 1.29 is 4.79 Å².